The maximum atomic E-state index is 12.4. The first-order valence-corrected chi connectivity index (χ1v) is 10.3. The molecule has 1 amide bonds. The zero-order valence-corrected chi connectivity index (χ0v) is 16.7. The SMILES string of the molecule is CC(C)Oc1cccc(NC(=O)CCCN(C)S(=O)(=O)c2ccccc2)c1. The minimum atomic E-state index is -3.53. The average molecular weight is 391 g/mol. The van der Waals surface area contributed by atoms with E-state index in [2.05, 4.69) is 5.32 Å². The maximum Gasteiger partial charge on any atom is 0.242 e. The van der Waals surface area contributed by atoms with Crippen LogP contribution in [0, 0.1) is 0 Å². The number of carbonyl (C=O) groups excluding carboxylic acids is 1. The number of sulfonamides is 1. The maximum absolute atomic E-state index is 12.4. The van der Waals surface area contributed by atoms with Crippen LogP contribution in [0.15, 0.2) is 59.5 Å². The molecule has 2 aromatic rings. The summed E-state index contributed by atoms with van der Waals surface area (Å²) in [6.07, 6.45) is 0.707. The molecule has 0 radical (unpaired) electrons. The molecule has 0 bridgehead atoms. The van der Waals surface area contributed by atoms with Gasteiger partial charge >= 0.3 is 0 Å². The van der Waals surface area contributed by atoms with Gasteiger partial charge in [-0.25, -0.2) is 12.7 Å². The number of hydrogen-bond acceptors (Lipinski definition) is 4. The summed E-state index contributed by atoms with van der Waals surface area (Å²) in [5, 5.41) is 2.81. The molecule has 7 heteroatoms. The Labute approximate surface area is 161 Å². The predicted octanol–water partition coefficient (Wildman–Crippen LogP) is 3.51. The molecule has 0 unspecified atom stereocenters. The van der Waals surface area contributed by atoms with Crippen molar-refractivity contribution in [1.82, 2.24) is 4.31 Å². The van der Waals surface area contributed by atoms with Crippen LogP contribution >= 0.6 is 0 Å². The minimum absolute atomic E-state index is 0.0538. The van der Waals surface area contributed by atoms with Crippen LogP contribution in [0.1, 0.15) is 26.7 Å². The zero-order chi connectivity index (χ0) is 19.9. The number of amides is 1. The van der Waals surface area contributed by atoms with Crippen molar-refractivity contribution in [3.8, 4) is 5.75 Å². The number of benzene rings is 2. The Morgan fingerprint density at radius 1 is 1.11 bits per heavy atom. The highest BCUT2D eigenvalue weighted by Gasteiger charge is 2.20. The molecule has 0 aliphatic rings. The quantitative estimate of drug-likeness (QED) is 0.711. The normalized spacial score (nSPS) is 11.6. The van der Waals surface area contributed by atoms with Gasteiger partial charge in [-0.05, 0) is 44.5 Å². The van der Waals surface area contributed by atoms with E-state index < -0.39 is 10.0 Å². The van der Waals surface area contributed by atoms with Crippen LogP contribution in [-0.4, -0.2) is 38.3 Å². The fourth-order valence-corrected chi connectivity index (χ4v) is 3.73. The van der Waals surface area contributed by atoms with Gasteiger partial charge < -0.3 is 10.1 Å². The van der Waals surface area contributed by atoms with E-state index >= 15 is 0 Å². The molecule has 0 fully saturated rings. The van der Waals surface area contributed by atoms with Crippen LogP contribution in [0.3, 0.4) is 0 Å². The van der Waals surface area contributed by atoms with E-state index in [4.69, 9.17) is 4.74 Å². The van der Waals surface area contributed by atoms with Gasteiger partial charge in [0.15, 0.2) is 0 Å². The van der Waals surface area contributed by atoms with E-state index in [9.17, 15) is 13.2 Å². The summed E-state index contributed by atoms with van der Waals surface area (Å²) in [5.41, 5.74) is 0.656. The number of carbonyl (C=O) groups is 1. The van der Waals surface area contributed by atoms with Crippen LogP contribution in [0.4, 0.5) is 5.69 Å². The van der Waals surface area contributed by atoms with E-state index in [1.807, 2.05) is 26.0 Å². The molecule has 0 aromatic heterocycles. The topological polar surface area (TPSA) is 75.7 Å². The molecule has 27 heavy (non-hydrogen) atoms. The smallest absolute Gasteiger partial charge is 0.242 e. The Bertz CT molecular complexity index is 851. The van der Waals surface area contributed by atoms with Crippen LogP contribution in [0.25, 0.3) is 0 Å². The van der Waals surface area contributed by atoms with Crippen LogP contribution < -0.4 is 10.1 Å². The molecule has 0 aliphatic heterocycles. The average Bonchev–Trinajstić information content (AvgIpc) is 2.62. The van der Waals surface area contributed by atoms with Gasteiger partial charge in [-0.3, -0.25) is 4.79 Å². The van der Waals surface area contributed by atoms with Gasteiger partial charge in [0, 0.05) is 31.8 Å². The molecule has 0 saturated carbocycles. The van der Waals surface area contributed by atoms with Gasteiger partial charge in [0.25, 0.3) is 0 Å². The summed E-state index contributed by atoms with van der Waals surface area (Å²) in [6.45, 7) is 4.14. The van der Waals surface area contributed by atoms with E-state index in [1.54, 1.807) is 42.5 Å². The third-order valence-electron chi connectivity index (χ3n) is 3.82. The number of nitrogens with one attached hydrogen (secondary N) is 1. The van der Waals surface area contributed by atoms with Gasteiger partial charge in [-0.2, -0.15) is 0 Å². The fraction of sp³-hybridized carbons (Fsp3) is 0.350. The first kappa shape index (κ1) is 20.9. The predicted molar refractivity (Wildman–Crippen MR) is 106 cm³/mol. The lowest BCUT2D eigenvalue weighted by Gasteiger charge is -2.17. The van der Waals surface area contributed by atoms with Gasteiger partial charge in [0.1, 0.15) is 5.75 Å². The summed E-state index contributed by atoms with van der Waals surface area (Å²) in [6, 6.07) is 15.5. The number of anilines is 1. The number of ether oxygens (including phenoxy) is 1. The Kier molecular flexibility index (Phi) is 7.38. The van der Waals surface area contributed by atoms with Crippen LogP contribution in [0.5, 0.6) is 5.75 Å². The van der Waals surface area contributed by atoms with E-state index in [1.165, 1.54) is 11.4 Å². The summed E-state index contributed by atoms with van der Waals surface area (Å²) < 4.78 is 31.7. The molecule has 0 spiro atoms. The third-order valence-corrected chi connectivity index (χ3v) is 5.69. The van der Waals surface area contributed by atoms with Crippen molar-refractivity contribution < 1.29 is 17.9 Å². The molecule has 1 N–H and O–H groups in total. The Morgan fingerprint density at radius 2 is 1.81 bits per heavy atom. The molecule has 0 aliphatic carbocycles. The number of rotatable bonds is 9. The van der Waals surface area contributed by atoms with Crippen molar-refractivity contribution in [3.05, 3.63) is 54.6 Å². The van der Waals surface area contributed by atoms with Crippen molar-refractivity contribution in [1.29, 1.82) is 0 Å². The molecule has 6 nitrogen and oxygen atoms in total. The Hall–Kier alpha value is -2.38. The fourth-order valence-electron chi connectivity index (χ4n) is 2.50. The van der Waals surface area contributed by atoms with Crippen molar-refractivity contribution in [2.75, 3.05) is 18.9 Å². The highest BCUT2D eigenvalue weighted by atomic mass is 32.2. The summed E-state index contributed by atoms with van der Waals surface area (Å²) in [4.78, 5) is 12.4. The molecular formula is C20H26N2O4S. The van der Waals surface area contributed by atoms with Crippen LogP contribution in [0.2, 0.25) is 0 Å². The molecule has 146 valence electrons. The van der Waals surface area contributed by atoms with E-state index in [0.29, 0.717) is 17.9 Å². The second kappa shape index (κ2) is 9.53. The molecular weight excluding hydrogens is 364 g/mol. The largest absolute Gasteiger partial charge is 0.491 e. The molecule has 2 rings (SSSR count). The lowest BCUT2D eigenvalue weighted by molar-refractivity contribution is -0.116. The number of nitrogens with zero attached hydrogens (tertiary/aromatic N) is 1. The second-order valence-corrected chi connectivity index (χ2v) is 8.53. The molecule has 0 atom stereocenters. The van der Waals surface area contributed by atoms with E-state index in [-0.39, 0.29) is 29.9 Å². The first-order valence-electron chi connectivity index (χ1n) is 8.87. The Morgan fingerprint density at radius 3 is 2.48 bits per heavy atom. The third kappa shape index (κ3) is 6.37. The van der Waals surface area contributed by atoms with Gasteiger partial charge in [-0.1, -0.05) is 24.3 Å². The summed E-state index contributed by atoms with van der Waals surface area (Å²) >= 11 is 0. The lowest BCUT2D eigenvalue weighted by atomic mass is 10.2. The lowest BCUT2D eigenvalue weighted by Crippen LogP contribution is -2.28. The standard InChI is InChI=1S/C20H26N2O4S/c1-16(2)26-18-10-7-9-17(15-18)21-20(23)13-8-14-22(3)27(24,25)19-11-5-4-6-12-19/h4-7,9-12,15-16H,8,13-14H2,1-3H3,(H,21,23). The van der Waals surface area contributed by atoms with Gasteiger partial charge in [-0.15, -0.1) is 0 Å². The Balaban J connectivity index is 1.84. The first-order chi connectivity index (χ1) is 12.8. The second-order valence-electron chi connectivity index (χ2n) is 6.49. The van der Waals surface area contributed by atoms with Crippen molar-refractivity contribution in [3.63, 3.8) is 0 Å². The van der Waals surface area contributed by atoms with Crippen molar-refractivity contribution >= 4 is 21.6 Å². The van der Waals surface area contributed by atoms with Gasteiger partial charge in [0.2, 0.25) is 15.9 Å². The van der Waals surface area contributed by atoms with Crippen molar-refractivity contribution in [2.24, 2.45) is 0 Å². The molecule has 0 heterocycles. The van der Waals surface area contributed by atoms with Crippen LogP contribution in [-0.2, 0) is 14.8 Å². The highest BCUT2D eigenvalue weighted by molar-refractivity contribution is 7.89. The zero-order valence-electron chi connectivity index (χ0n) is 15.9. The molecule has 0 saturated heterocycles. The van der Waals surface area contributed by atoms with E-state index in [0.717, 1.165) is 0 Å². The highest BCUT2D eigenvalue weighted by Crippen LogP contribution is 2.19. The summed E-state index contributed by atoms with van der Waals surface area (Å²) in [7, 11) is -2.01. The minimum Gasteiger partial charge on any atom is -0.491 e. The monoisotopic (exact) mass is 390 g/mol. The molecule has 2 aromatic carbocycles. The van der Waals surface area contributed by atoms with Gasteiger partial charge in [0.05, 0.1) is 11.0 Å². The summed E-state index contributed by atoms with van der Waals surface area (Å²) in [5.74, 6) is 0.527. The number of hydrogen-bond donors (Lipinski definition) is 1. The van der Waals surface area contributed by atoms with Crippen molar-refractivity contribution in [2.45, 2.75) is 37.7 Å².